The van der Waals surface area contributed by atoms with Gasteiger partial charge in [-0.05, 0) is 24.6 Å². The van der Waals surface area contributed by atoms with Gasteiger partial charge < -0.3 is 19.4 Å². The summed E-state index contributed by atoms with van der Waals surface area (Å²) in [4.78, 5) is 25.9. The third-order valence-electron chi connectivity index (χ3n) is 5.60. The van der Waals surface area contributed by atoms with Crippen molar-refractivity contribution in [3.63, 3.8) is 0 Å². The summed E-state index contributed by atoms with van der Waals surface area (Å²) in [7, 11) is -2.38. The maximum absolute atomic E-state index is 12.3. The molecule has 1 aromatic rings. The van der Waals surface area contributed by atoms with E-state index in [4.69, 9.17) is 9.16 Å². The Labute approximate surface area is 159 Å². The van der Waals surface area contributed by atoms with E-state index in [1.54, 1.807) is 0 Å². The number of rotatable bonds is 6. The number of ether oxygens (including phenoxy) is 1. The van der Waals surface area contributed by atoms with Crippen LogP contribution in [0.25, 0.3) is 0 Å². The Balaban J connectivity index is 2.58. The van der Waals surface area contributed by atoms with Gasteiger partial charge in [0.2, 0.25) is 0 Å². The van der Waals surface area contributed by atoms with Crippen molar-refractivity contribution in [2.45, 2.75) is 69.4 Å². The highest BCUT2D eigenvalue weighted by Crippen LogP contribution is 2.46. The second-order valence-corrected chi connectivity index (χ2v) is 13.3. The van der Waals surface area contributed by atoms with Gasteiger partial charge in [-0.1, -0.05) is 26.8 Å². The minimum Gasteiger partial charge on any atom is -0.406 e. The van der Waals surface area contributed by atoms with E-state index in [1.807, 2.05) is 13.1 Å². The Morgan fingerprint density at radius 2 is 2.07 bits per heavy atom. The van der Waals surface area contributed by atoms with Gasteiger partial charge in [0.1, 0.15) is 17.8 Å². The van der Waals surface area contributed by atoms with E-state index in [1.165, 1.54) is 22.9 Å². The second kappa shape index (κ2) is 7.48. The molecule has 9 heteroatoms. The molecule has 0 saturated carbocycles. The average molecular weight is 399 g/mol. The molecule has 3 N–H and O–H groups in total. The van der Waals surface area contributed by atoms with Gasteiger partial charge in [0.05, 0.1) is 6.61 Å². The molecule has 1 aromatic heterocycles. The molecule has 2 rings (SSSR count). The smallest absolute Gasteiger partial charge is 0.330 e. The minimum absolute atomic E-state index is 0.117. The van der Waals surface area contributed by atoms with Gasteiger partial charge in [-0.2, -0.15) is 0 Å². The number of hydrogen-bond acceptors (Lipinski definition) is 6. The minimum atomic E-state index is -2.38. The lowest BCUT2D eigenvalue weighted by atomic mass is 9.89. The molecule has 0 spiro atoms. The van der Waals surface area contributed by atoms with Crippen LogP contribution in [0.15, 0.2) is 34.5 Å². The third-order valence-corrected chi connectivity index (χ3v) is 10.1. The molecule has 0 aliphatic carbocycles. The van der Waals surface area contributed by atoms with Gasteiger partial charge in [0.25, 0.3) is 5.56 Å². The first kappa shape index (κ1) is 21.8. The van der Waals surface area contributed by atoms with Crippen molar-refractivity contribution in [1.82, 2.24) is 9.55 Å². The average Bonchev–Trinajstić information content (AvgIpc) is 2.79. The number of H-pyrrole nitrogens is 1. The van der Waals surface area contributed by atoms with Crippen molar-refractivity contribution >= 4 is 8.32 Å². The van der Waals surface area contributed by atoms with Crippen LogP contribution in [0.1, 0.15) is 33.4 Å². The van der Waals surface area contributed by atoms with E-state index in [9.17, 15) is 19.8 Å². The standard InChI is InChI=1S/C18H30N2O6Si/c1-7-9-18(24)12(11-21)25-15(20-10-8-13(22)19-16(20)23)14(18)26-27(5,6)17(2,3)4/h7-8,10,12,14-15,21,24H,1,9,11H2,2-6H3,(H,19,22,23)/t12-,14+,15-,18-/m1/s1. The maximum Gasteiger partial charge on any atom is 0.330 e. The van der Waals surface area contributed by atoms with E-state index in [2.05, 4.69) is 32.3 Å². The van der Waals surface area contributed by atoms with Crippen LogP contribution in [0.5, 0.6) is 0 Å². The van der Waals surface area contributed by atoms with Gasteiger partial charge in [-0.25, -0.2) is 4.79 Å². The molecule has 4 atom stereocenters. The van der Waals surface area contributed by atoms with Gasteiger partial charge in [0, 0.05) is 12.3 Å². The van der Waals surface area contributed by atoms with Crippen LogP contribution in [-0.2, 0) is 9.16 Å². The van der Waals surface area contributed by atoms with Gasteiger partial charge in [-0.3, -0.25) is 14.3 Å². The Morgan fingerprint density at radius 3 is 2.56 bits per heavy atom. The first-order valence-corrected chi connectivity index (χ1v) is 11.9. The van der Waals surface area contributed by atoms with E-state index >= 15 is 0 Å². The molecular formula is C18H30N2O6Si. The number of aromatic amines is 1. The van der Waals surface area contributed by atoms with Crippen LogP contribution in [0.4, 0.5) is 0 Å². The first-order valence-electron chi connectivity index (χ1n) is 8.96. The normalized spacial score (nSPS) is 29.1. The molecule has 0 unspecified atom stereocenters. The van der Waals surface area contributed by atoms with Crippen LogP contribution in [0, 0.1) is 0 Å². The van der Waals surface area contributed by atoms with Crippen molar-refractivity contribution in [3.05, 3.63) is 45.8 Å². The Kier molecular flexibility index (Phi) is 6.03. The number of hydrogen-bond donors (Lipinski definition) is 3. The number of aliphatic hydroxyl groups excluding tert-OH is 1. The molecule has 0 amide bonds. The lowest BCUT2D eigenvalue weighted by molar-refractivity contribution is -0.0884. The molecule has 27 heavy (non-hydrogen) atoms. The van der Waals surface area contributed by atoms with Crippen LogP contribution in [0.2, 0.25) is 18.1 Å². The van der Waals surface area contributed by atoms with Crippen molar-refractivity contribution in [3.8, 4) is 0 Å². The molecule has 0 aromatic carbocycles. The van der Waals surface area contributed by atoms with Gasteiger partial charge >= 0.3 is 5.69 Å². The van der Waals surface area contributed by atoms with Crippen LogP contribution in [-0.4, -0.2) is 52.5 Å². The van der Waals surface area contributed by atoms with Crippen molar-refractivity contribution < 1.29 is 19.4 Å². The summed E-state index contributed by atoms with van der Waals surface area (Å²) in [6.07, 6.45) is 0.0805. The summed E-state index contributed by atoms with van der Waals surface area (Å²) in [5, 5.41) is 21.0. The van der Waals surface area contributed by atoms with E-state index in [-0.39, 0.29) is 11.5 Å². The summed E-state index contributed by atoms with van der Waals surface area (Å²) in [5.41, 5.74) is -2.77. The summed E-state index contributed by atoms with van der Waals surface area (Å²) in [6.45, 7) is 13.5. The zero-order valence-corrected chi connectivity index (χ0v) is 17.6. The molecule has 1 saturated heterocycles. The number of aromatic nitrogens is 2. The summed E-state index contributed by atoms with van der Waals surface area (Å²) < 4.78 is 13.5. The second-order valence-electron chi connectivity index (χ2n) is 8.50. The number of aliphatic hydroxyl groups is 2. The molecule has 152 valence electrons. The Bertz CT molecular complexity index is 796. The van der Waals surface area contributed by atoms with E-state index < -0.39 is 50.2 Å². The summed E-state index contributed by atoms with van der Waals surface area (Å²) in [5.74, 6) is 0. The third kappa shape index (κ3) is 4.02. The van der Waals surface area contributed by atoms with Gasteiger partial charge in [-0.15, -0.1) is 6.58 Å². The largest absolute Gasteiger partial charge is 0.406 e. The Morgan fingerprint density at radius 1 is 1.44 bits per heavy atom. The summed E-state index contributed by atoms with van der Waals surface area (Å²) >= 11 is 0. The summed E-state index contributed by atoms with van der Waals surface area (Å²) in [6, 6.07) is 1.20. The van der Waals surface area contributed by atoms with Crippen LogP contribution >= 0.6 is 0 Å². The first-order chi connectivity index (χ1) is 12.4. The monoisotopic (exact) mass is 398 g/mol. The lowest BCUT2D eigenvalue weighted by Crippen LogP contribution is -2.56. The highest BCUT2D eigenvalue weighted by molar-refractivity contribution is 6.74. The Hall–Kier alpha value is -1.52. The SMILES string of the molecule is C=CC[C@@]1(O)[C@@H](CO)O[C@@H](n2ccc(=O)[nH]c2=O)[C@@H]1O[Si](C)(C)C(C)(C)C. The molecule has 0 bridgehead atoms. The maximum atomic E-state index is 12.3. The number of nitrogens with one attached hydrogen (secondary N) is 1. The topological polar surface area (TPSA) is 114 Å². The molecule has 1 aliphatic rings. The number of nitrogens with zero attached hydrogens (tertiary/aromatic N) is 1. The van der Waals surface area contributed by atoms with Gasteiger partial charge in [0.15, 0.2) is 14.5 Å². The van der Waals surface area contributed by atoms with Crippen molar-refractivity contribution in [1.29, 1.82) is 0 Å². The predicted octanol–water partition coefficient (Wildman–Crippen LogP) is 1.12. The molecule has 1 aliphatic heterocycles. The molecule has 1 fully saturated rings. The fourth-order valence-electron chi connectivity index (χ4n) is 2.96. The lowest BCUT2D eigenvalue weighted by Gasteiger charge is -2.43. The van der Waals surface area contributed by atoms with Crippen molar-refractivity contribution in [2.75, 3.05) is 6.61 Å². The highest BCUT2D eigenvalue weighted by Gasteiger charge is 2.58. The predicted molar refractivity (Wildman–Crippen MR) is 104 cm³/mol. The van der Waals surface area contributed by atoms with Crippen LogP contribution < -0.4 is 11.2 Å². The highest BCUT2D eigenvalue weighted by atomic mass is 28.4. The molecule has 0 radical (unpaired) electrons. The molecule has 8 nitrogen and oxygen atoms in total. The fourth-order valence-corrected chi connectivity index (χ4v) is 4.27. The van der Waals surface area contributed by atoms with E-state index in [0.717, 1.165) is 0 Å². The van der Waals surface area contributed by atoms with Crippen molar-refractivity contribution in [2.24, 2.45) is 0 Å². The zero-order valence-electron chi connectivity index (χ0n) is 16.6. The molecule has 2 heterocycles. The molecular weight excluding hydrogens is 368 g/mol. The quantitative estimate of drug-likeness (QED) is 0.489. The van der Waals surface area contributed by atoms with E-state index in [0.29, 0.717) is 0 Å². The zero-order chi connectivity index (χ0) is 20.6. The van der Waals surface area contributed by atoms with Crippen LogP contribution in [0.3, 0.4) is 0 Å². The fraction of sp³-hybridized carbons (Fsp3) is 0.667.